The molecule has 2 heteroatoms. The average molecular weight is 561 g/mol. The van der Waals surface area contributed by atoms with E-state index in [9.17, 15) is 0 Å². The first-order valence-corrected chi connectivity index (χ1v) is 14.1. The van der Waals surface area contributed by atoms with Crippen LogP contribution >= 0.6 is 0 Å². The number of fused-ring (bicyclic) bond motifs is 3. The van der Waals surface area contributed by atoms with Gasteiger partial charge in [-0.3, -0.25) is 4.57 Å². The second kappa shape index (κ2) is 10.4. The van der Waals surface area contributed by atoms with Crippen LogP contribution < -0.4 is 0 Å². The molecule has 0 bridgehead atoms. The first-order chi connectivity index (χ1) is 25.4. The maximum absolute atomic E-state index is 8.98. The average Bonchev–Trinajstić information content (AvgIpc) is 3.57. The molecule has 2 nitrogen and oxygen atoms in total. The van der Waals surface area contributed by atoms with Crippen LogP contribution in [0.15, 0.2) is 151 Å². The fourth-order valence-corrected chi connectivity index (χ4v) is 6.05. The molecule has 0 radical (unpaired) electrons. The van der Waals surface area contributed by atoms with E-state index < -0.39 is 36.3 Å². The minimum atomic E-state index is -0.509. The largest absolute Gasteiger partial charge is 0.296 e. The molecule has 0 fully saturated rings. The highest BCUT2D eigenvalue weighted by atomic mass is 15.1. The van der Waals surface area contributed by atoms with E-state index in [4.69, 9.17) is 18.7 Å². The summed E-state index contributed by atoms with van der Waals surface area (Å²) in [6.07, 6.45) is 0.741. The lowest BCUT2D eigenvalue weighted by Gasteiger charge is -2.19. The van der Waals surface area contributed by atoms with Crippen molar-refractivity contribution in [2.75, 3.05) is 0 Å². The highest BCUT2D eigenvalue weighted by molar-refractivity contribution is 6.21. The van der Waals surface area contributed by atoms with E-state index in [-0.39, 0.29) is 35.3 Å². The number of hydrogen-bond donors (Lipinski definition) is 0. The van der Waals surface area contributed by atoms with E-state index in [0.717, 1.165) is 40.1 Å². The number of imidazole rings is 1. The molecule has 1 heterocycles. The van der Waals surface area contributed by atoms with Crippen LogP contribution in [0.1, 0.15) is 26.5 Å². The number of rotatable bonds is 5. The van der Waals surface area contributed by atoms with E-state index in [2.05, 4.69) is 11.5 Å². The SMILES string of the molecule is [2H]c1c([2H])c([2H])c(-c2c3ccccc3c(-c3c([2H])c([2H])c([2H])c([2H])c3[2H])c3cc(-c4ccc(-n5c(CC)nc6ccccc65)cc4)ccc23)c([2H])c1[2H]. The second-order valence-electron chi connectivity index (χ2n) is 10.3. The lowest BCUT2D eigenvalue weighted by Crippen LogP contribution is -1.99. The molecular weight excluding hydrogens is 520 g/mol. The Morgan fingerprint density at radius 3 is 1.77 bits per heavy atom. The standard InChI is InChI=1S/C41H30N2/c1-2-39-42-37-19-11-12-20-38(37)43(39)32-24-21-28(22-25-32)31-23-26-35-36(27-31)41(30-15-7-4-8-16-30)34-18-10-9-17-33(34)40(35)29-13-5-3-6-14-29/h3-27H,2H2,1H3/i3D,4D,5D,6D,7D,8D,13D,14D,15D,16D. The molecule has 0 N–H and O–H groups in total. The van der Waals surface area contributed by atoms with Crippen LogP contribution in [0.2, 0.25) is 0 Å². The van der Waals surface area contributed by atoms with Crippen molar-refractivity contribution in [1.29, 1.82) is 0 Å². The van der Waals surface area contributed by atoms with Crippen LogP contribution in [0.5, 0.6) is 0 Å². The molecule has 8 rings (SSSR count). The van der Waals surface area contributed by atoms with Gasteiger partial charge in [0.05, 0.1) is 24.7 Å². The Hall–Kier alpha value is -5.47. The molecule has 8 aromatic rings. The van der Waals surface area contributed by atoms with E-state index >= 15 is 0 Å². The summed E-state index contributed by atoms with van der Waals surface area (Å²) in [6.45, 7) is 2.07. The monoisotopic (exact) mass is 560 g/mol. The Morgan fingerprint density at radius 1 is 0.558 bits per heavy atom. The van der Waals surface area contributed by atoms with Crippen LogP contribution in [0, 0.1) is 0 Å². The van der Waals surface area contributed by atoms with Crippen molar-refractivity contribution >= 4 is 32.6 Å². The fraction of sp³-hybridized carbons (Fsp3) is 0.0488. The molecule has 0 spiro atoms. The molecule has 43 heavy (non-hydrogen) atoms. The van der Waals surface area contributed by atoms with E-state index in [1.54, 1.807) is 24.3 Å². The molecule has 0 saturated heterocycles. The third-order valence-corrected chi connectivity index (χ3v) is 7.93. The van der Waals surface area contributed by atoms with Gasteiger partial charge in [-0.25, -0.2) is 4.98 Å². The number of aromatic nitrogens is 2. The smallest absolute Gasteiger partial charge is 0.114 e. The zero-order valence-electron chi connectivity index (χ0n) is 33.3. The van der Waals surface area contributed by atoms with Gasteiger partial charge >= 0.3 is 0 Å². The quantitative estimate of drug-likeness (QED) is 0.191. The Kier molecular flexibility index (Phi) is 4.08. The van der Waals surface area contributed by atoms with Crippen LogP contribution in [-0.2, 0) is 6.42 Å². The van der Waals surface area contributed by atoms with Gasteiger partial charge in [-0.15, -0.1) is 0 Å². The van der Waals surface area contributed by atoms with Crippen molar-refractivity contribution in [3.8, 4) is 39.1 Å². The molecule has 0 amide bonds. The molecule has 0 aliphatic rings. The Morgan fingerprint density at radius 2 is 1.12 bits per heavy atom. The van der Waals surface area contributed by atoms with E-state index in [1.165, 1.54) is 0 Å². The minimum Gasteiger partial charge on any atom is -0.296 e. The zero-order valence-corrected chi connectivity index (χ0v) is 23.3. The number of hydrogen-bond acceptors (Lipinski definition) is 1. The summed E-state index contributed by atoms with van der Waals surface area (Å²) in [4.78, 5) is 4.81. The van der Waals surface area contributed by atoms with Gasteiger partial charge in [0.1, 0.15) is 5.82 Å². The van der Waals surface area contributed by atoms with Gasteiger partial charge in [-0.05, 0) is 85.3 Å². The van der Waals surface area contributed by atoms with Gasteiger partial charge in [0.2, 0.25) is 0 Å². The summed E-state index contributed by atoms with van der Waals surface area (Å²) in [6, 6.07) is 24.3. The number of para-hydroxylation sites is 2. The van der Waals surface area contributed by atoms with E-state index in [0.29, 0.717) is 32.7 Å². The molecule has 0 unspecified atom stereocenters. The fourth-order valence-electron chi connectivity index (χ4n) is 6.05. The van der Waals surface area contributed by atoms with Gasteiger partial charge in [0.15, 0.2) is 0 Å². The third-order valence-electron chi connectivity index (χ3n) is 7.93. The Labute approximate surface area is 265 Å². The zero-order chi connectivity index (χ0) is 37.5. The first kappa shape index (κ1) is 16.8. The third kappa shape index (κ3) is 4.23. The van der Waals surface area contributed by atoms with Crippen LogP contribution in [-0.4, -0.2) is 9.55 Å². The summed E-state index contributed by atoms with van der Waals surface area (Å²) in [5.74, 6) is 0.931. The molecule has 0 aliphatic heterocycles. The molecule has 7 aromatic carbocycles. The van der Waals surface area contributed by atoms with Crippen molar-refractivity contribution in [2.24, 2.45) is 0 Å². The van der Waals surface area contributed by atoms with Crippen molar-refractivity contribution in [3.63, 3.8) is 0 Å². The maximum Gasteiger partial charge on any atom is 0.114 e. The van der Waals surface area contributed by atoms with Crippen molar-refractivity contribution in [2.45, 2.75) is 13.3 Å². The lowest BCUT2D eigenvalue weighted by atomic mass is 9.85. The van der Waals surface area contributed by atoms with Crippen molar-refractivity contribution in [1.82, 2.24) is 9.55 Å². The summed E-state index contributed by atoms with van der Waals surface area (Å²) in [7, 11) is 0. The van der Waals surface area contributed by atoms with Crippen molar-refractivity contribution in [3.05, 3.63) is 157 Å². The summed E-state index contributed by atoms with van der Waals surface area (Å²) >= 11 is 0. The highest BCUT2D eigenvalue weighted by Gasteiger charge is 2.17. The topological polar surface area (TPSA) is 17.8 Å². The van der Waals surface area contributed by atoms with Gasteiger partial charge < -0.3 is 0 Å². The molecule has 0 saturated carbocycles. The van der Waals surface area contributed by atoms with E-state index in [1.807, 2.05) is 66.7 Å². The van der Waals surface area contributed by atoms with Gasteiger partial charge in [0, 0.05) is 12.1 Å². The number of nitrogens with zero attached hydrogens (tertiary/aromatic N) is 2. The van der Waals surface area contributed by atoms with Gasteiger partial charge in [-0.1, -0.05) is 128 Å². The summed E-state index contributed by atoms with van der Waals surface area (Å²) in [5.41, 5.74) is 5.27. The predicted octanol–water partition coefficient (Wildman–Crippen LogP) is 10.9. The summed E-state index contributed by atoms with van der Waals surface area (Å²) < 4.78 is 88.4. The number of aryl methyl sites for hydroxylation is 1. The normalized spacial score (nSPS) is 14.7. The number of benzene rings is 7. The van der Waals surface area contributed by atoms with Crippen LogP contribution in [0.3, 0.4) is 0 Å². The molecule has 1 aromatic heterocycles. The molecule has 204 valence electrons. The van der Waals surface area contributed by atoms with Crippen LogP contribution in [0.4, 0.5) is 0 Å². The minimum absolute atomic E-state index is 0.0105. The summed E-state index contributed by atoms with van der Waals surface area (Å²) in [5, 5.41) is 2.02. The molecule has 0 aliphatic carbocycles. The first-order valence-electron chi connectivity index (χ1n) is 19.1. The molecule has 0 atom stereocenters. The van der Waals surface area contributed by atoms with Gasteiger partial charge in [-0.2, -0.15) is 0 Å². The predicted molar refractivity (Wildman–Crippen MR) is 182 cm³/mol. The van der Waals surface area contributed by atoms with Crippen molar-refractivity contribution < 1.29 is 13.7 Å². The Bertz CT molecular complexity index is 2770. The van der Waals surface area contributed by atoms with Crippen LogP contribution in [0.25, 0.3) is 71.6 Å². The molecular formula is C41H30N2. The Balaban J connectivity index is 1.46. The van der Waals surface area contributed by atoms with Gasteiger partial charge in [0.25, 0.3) is 0 Å². The maximum atomic E-state index is 8.98. The highest BCUT2D eigenvalue weighted by Crippen LogP contribution is 2.44. The lowest BCUT2D eigenvalue weighted by molar-refractivity contribution is 0.908. The second-order valence-corrected chi connectivity index (χ2v) is 10.3.